The smallest absolute Gasteiger partial charge is 0.311 e. The summed E-state index contributed by atoms with van der Waals surface area (Å²) in [6.45, 7) is 0. The van der Waals surface area contributed by atoms with Crippen molar-refractivity contribution in [2.45, 2.75) is 12.8 Å². The Hall–Kier alpha value is -1.71. The number of phenolic OH excluding ortho intramolecular Hbond substituents is 2. The van der Waals surface area contributed by atoms with E-state index < -0.39 is 0 Å². The van der Waals surface area contributed by atoms with Crippen LogP contribution in [-0.4, -0.2) is 16.2 Å². The van der Waals surface area contributed by atoms with Gasteiger partial charge in [-0.3, -0.25) is 4.79 Å². The molecule has 0 unspecified atom stereocenters. The van der Waals surface area contributed by atoms with E-state index >= 15 is 0 Å². The number of rotatable bonds is 0. The molecule has 13 heavy (non-hydrogen) atoms. The summed E-state index contributed by atoms with van der Waals surface area (Å²) in [4.78, 5) is 10.9. The summed E-state index contributed by atoms with van der Waals surface area (Å²) < 4.78 is 4.86. The Labute approximate surface area is 74.4 Å². The molecule has 68 valence electrons. The van der Waals surface area contributed by atoms with Crippen LogP contribution in [0.4, 0.5) is 0 Å². The van der Waals surface area contributed by atoms with Gasteiger partial charge in [-0.15, -0.1) is 0 Å². The summed E-state index contributed by atoms with van der Waals surface area (Å²) in [5.41, 5.74) is 0.745. The van der Waals surface area contributed by atoms with Crippen LogP contribution in [0.25, 0.3) is 0 Å². The van der Waals surface area contributed by atoms with Gasteiger partial charge in [-0.1, -0.05) is 0 Å². The van der Waals surface area contributed by atoms with Crippen LogP contribution in [0.5, 0.6) is 17.2 Å². The Morgan fingerprint density at radius 2 is 1.85 bits per heavy atom. The summed E-state index contributed by atoms with van der Waals surface area (Å²) in [6.07, 6.45) is 0.860. The third kappa shape index (κ3) is 1.30. The van der Waals surface area contributed by atoms with Crippen LogP contribution >= 0.6 is 0 Å². The van der Waals surface area contributed by atoms with E-state index in [9.17, 15) is 4.79 Å². The van der Waals surface area contributed by atoms with Gasteiger partial charge in [0.05, 0.1) is 6.42 Å². The number of aromatic hydroxyl groups is 2. The second-order valence-corrected chi connectivity index (χ2v) is 2.92. The second kappa shape index (κ2) is 2.65. The van der Waals surface area contributed by atoms with Crippen LogP contribution in [0.15, 0.2) is 12.1 Å². The molecule has 1 aromatic rings. The first kappa shape index (κ1) is 7.91. The van der Waals surface area contributed by atoms with Crippen molar-refractivity contribution in [1.29, 1.82) is 0 Å². The maximum absolute atomic E-state index is 10.9. The van der Waals surface area contributed by atoms with Crippen LogP contribution in [-0.2, 0) is 11.2 Å². The van der Waals surface area contributed by atoms with Crippen molar-refractivity contribution in [2.24, 2.45) is 0 Å². The van der Waals surface area contributed by atoms with Crippen LogP contribution in [0, 0.1) is 0 Å². The molecule has 1 aromatic carbocycles. The fraction of sp³-hybridized carbons (Fsp3) is 0.222. The first-order valence-electron chi connectivity index (χ1n) is 3.92. The molecule has 2 N–H and O–H groups in total. The average Bonchev–Trinajstić information content (AvgIpc) is 2.08. The number of carbonyl (C=O) groups is 1. The summed E-state index contributed by atoms with van der Waals surface area (Å²) in [7, 11) is 0. The van der Waals surface area contributed by atoms with Gasteiger partial charge in [0.1, 0.15) is 5.75 Å². The largest absolute Gasteiger partial charge is 0.504 e. The molecule has 0 aliphatic carbocycles. The first-order valence-corrected chi connectivity index (χ1v) is 3.92. The zero-order valence-electron chi connectivity index (χ0n) is 6.78. The lowest BCUT2D eigenvalue weighted by Gasteiger charge is -2.15. The third-order valence-electron chi connectivity index (χ3n) is 1.98. The van der Waals surface area contributed by atoms with Crippen molar-refractivity contribution in [3.05, 3.63) is 17.7 Å². The minimum Gasteiger partial charge on any atom is -0.504 e. The van der Waals surface area contributed by atoms with Gasteiger partial charge in [0, 0.05) is 6.07 Å². The molecule has 1 aliphatic rings. The highest BCUT2D eigenvalue weighted by Crippen LogP contribution is 2.35. The maximum Gasteiger partial charge on any atom is 0.311 e. The first-order chi connectivity index (χ1) is 6.16. The predicted molar refractivity (Wildman–Crippen MR) is 43.7 cm³/mol. The summed E-state index contributed by atoms with van der Waals surface area (Å²) in [5.74, 6) is -0.422. The number of phenols is 2. The molecule has 0 bridgehead atoms. The molecule has 0 atom stereocenters. The molecular weight excluding hydrogens is 172 g/mol. The molecule has 0 saturated carbocycles. The van der Waals surface area contributed by atoms with Gasteiger partial charge in [-0.05, 0) is 18.1 Å². The molecular formula is C9H8O4. The molecule has 0 fully saturated rings. The van der Waals surface area contributed by atoms with Gasteiger partial charge >= 0.3 is 5.97 Å². The van der Waals surface area contributed by atoms with Crippen molar-refractivity contribution in [2.75, 3.05) is 0 Å². The molecule has 4 nitrogen and oxygen atoms in total. The van der Waals surface area contributed by atoms with E-state index in [1.165, 1.54) is 12.1 Å². The second-order valence-electron chi connectivity index (χ2n) is 2.92. The normalized spacial score (nSPS) is 14.9. The number of hydrogen-bond acceptors (Lipinski definition) is 4. The fourth-order valence-corrected chi connectivity index (χ4v) is 1.30. The average molecular weight is 180 g/mol. The van der Waals surface area contributed by atoms with Gasteiger partial charge in [-0.25, -0.2) is 0 Å². The lowest BCUT2D eigenvalue weighted by molar-refractivity contribution is -0.135. The van der Waals surface area contributed by atoms with Gasteiger partial charge in [0.25, 0.3) is 0 Å². The lowest BCUT2D eigenvalue weighted by Crippen LogP contribution is -2.15. The highest BCUT2D eigenvalue weighted by molar-refractivity contribution is 5.76. The highest BCUT2D eigenvalue weighted by Gasteiger charge is 2.18. The number of hydrogen-bond donors (Lipinski definition) is 2. The summed E-state index contributed by atoms with van der Waals surface area (Å²) in [5, 5.41) is 18.3. The zero-order valence-corrected chi connectivity index (χ0v) is 6.78. The van der Waals surface area contributed by atoms with E-state index in [2.05, 4.69) is 0 Å². The zero-order chi connectivity index (χ0) is 9.42. The molecule has 0 radical (unpaired) electrons. The van der Waals surface area contributed by atoms with E-state index in [0.717, 1.165) is 5.56 Å². The molecule has 0 aromatic heterocycles. The Balaban J connectivity index is 2.49. The van der Waals surface area contributed by atoms with Crippen LogP contribution < -0.4 is 4.74 Å². The monoisotopic (exact) mass is 180 g/mol. The Morgan fingerprint density at radius 1 is 1.15 bits per heavy atom. The predicted octanol–water partition coefficient (Wildman–Crippen LogP) is 0.949. The summed E-state index contributed by atoms with van der Waals surface area (Å²) in [6, 6.07) is 2.67. The minimum absolute atomic E-state index is 0.184. The van der Waals surface area contributed by atoms with Crippen LogP contribution in [0.2, 0.25) is 0 Å². The standard InChI is InChI=1S/C9H8O4/c10-6-3-5-1-2-9(12)13-8(5)4-7(6)11/h3-4,10-11H,1-2H2. The Morgan fingerprint density at radius 3 is 2.62 bits per heavy atom. The van der Waals surface area contributed by atoms with Gasteiger partial charge in [-0.2, -0.15) is 0 Å². The van der Waals surface area contributed by atoms with E-state index in [4.69, 9.17) is 14.9 Å². The van der Waals surface area contributed by atoms with Gasteiger partial charge < -0.3 is 14.9 Å². The molecule has 4 heteroatoms. The van der Waals surface area contributed by atoms with E-state index in [1.54, 1.807) is 0 Å². The number of ether oxygens (including phenoxy) is 1. The quantitative estimate of drug-likeness (QED) is 0.354. The van der Waals surface area contributed by atoms with E-state index in [0.29, 0.717) is 18.6 Å². The van der Waals surface area contributed by atoms with Crippen molar-refractivity contribution < 1.29 is 19.7 Å². The summed E-state index contributed by atoms with van der Waals surface area (Å²) >= 11 is 0. The highest BCUT2D eigenvalue weighted by atomic mass is 16.5. The molecule has 0 amide bonds. The Kier molecular flexibility index (Phi) is 1.62. The van der Waals surface area contributed by atoms with Gasteiger partial charge in [0.2, 0.25) is 0 Å². The molecule has 1 aliphatic heterocycles. The maximum atomic E-state index is 10.9. The molecule has 0 spiro atoms. The van der Waals surface area contributed by atoms with Crippen molar-refractivity contribution in [3.8, 4) is 17.2 Å². The minimum atomic E-state index is -0.308. The number of fused-ring (bicyclic) bond motifs is 1. The lowest BCUT2D eigenvalue weighted by atomic mass is 10.1. The third-order valence-corrected chi connectivity index (χ3v) is 1.98. The SMILES string of the molecule is O=C1CCc2cc(O)c(O)cc2O1. The van der Waals surface area contributed by atoms with Crippen molar-refractivity contribution in [3.63, 3.8) is 0 Å². The van der Waals surface area contributed by atoms with E-state index in [1.807, 2.05) is 0 Å². The molecule has 0 saturated heterocycles. The number of carbonyl (C=O) groups excluding carboxylic acids is 1. The Bertz CT molecular complexity index is 370. The van der Waals surface area contributed by atoms with E-state index in [-0.39, 0.29) is 17.5 Å². The number of aryl methyl sites for hydroxylation is 1. The number of benzene rings is 1. The number of esters is 1. The van der Waals surface area contributed by atoms with Crippen LogP contribution in [0.3, 0.4) is 0 Å². The molecule has 1 heterocycles. The van der Waals surface area contributed by atoms with Crippen molar-refractivity contribution in [1.82, 2.24) is 0 Å². The fourth-order valence-electron chi connectivity index (χ4n) is 1.30. The molecule has 2 rings (SSSR count). The van der Waals surface area contributed by atoms with Crippen LogP contribution in [0.1, 0.15) is 12.0 Å². The topological polar surface area (TPSA) is 66.8 Å². The van der Waals surface area contributed by atoms with Crippen molar-refractivity contribution >= 4 is 5.97 Å². The van der Waals surface area contributed by atoms with Gasteiger partial charge in [0.15, 0.2) is 11.5 Å².